The van der Waals surface area contributed by atoms with E-state index in [9.17, 15) is 4.79 Å². The molecule has 0 aliphatic heterocycles. The van der Waals surface area contributed by atoms with Crippen molar-refractivity contribution in [2.45, 2.75) is 83.0 Å². The summed E-state index contributed by atoms with van der Waals surface area (Å²) in [6.45, 7) is 2.23. The lowest BCUT2D eigenvalue weighted by Gasteiger charge is -2.29. The fourth-order valence-electron chi connectivity index (χ4n) is 3.99. The molecule has 0 aromatic carbocycles. The largest absolute Gasteiger partial charge is 0.375 e. The number of rotatable bonds is 8. The molecule has 6 heteroatoms. The monoisotopic (exact) mass is 358 g/mol. The topological polar surface area (TPSA) is 90.1 Å². The van der Waals surface area contributed by atoms with Crippen molar-refractivity contribution in [3.05, 3.63) is 17.5 Å². The number of hydrogen-bond donors (Lipinski definition) is 2. The number of anilines is 1. The van der Waals surface area contributed by atoms with E-state index >= 15 is 0 Å². The maximum absolute atomic E-state index is 11.7. The van der Waals surface area contributed by atoms with Gasteiger partial charge in [0.25, 0.3) is 5.91 Å². The number of nitrogens with zero attached hydrogens (tertiary/aromatic N) is 2. The second-order valence-electron chi connectivity index (χ2n) is 8.39. The fraction of sp³-hybridized carbons (Fsp3) is 0.750. The lowest BCUT2D eigenvalue weighted by atomic mass is 9.93. The van der Waals surface area contributed by atoms with E-state index in [1.165, 1.54) is 25.7 Å². The molecule has 142 valence electrons. The minimum atomic E-state index is -0.438. The summed E-state index contributed by atoms with van der Waals surface area (Å²) in [5.74, 6) is 1.49. The van der Waals surface area contributed by atoms with Crippen LogP contribution in [0.1, 0.15) is 74.3 Å². The van der Waals surface area contributed by atoms with Crippen LogP contribution in [-0.2, 0) is 11.2 Å². The maximum atomic E-state index is 11.7. The van der Waals surface area contributed by atoms with E-state index in [1.54, 1.807) is 6.20 Å². The predicted octanol–water partition coefficient (Wildman–Crippen LogP) is 3.07. The SMILES string of the molecule is CC(Cc1nc(NC2CCC(OC3CC3)CC2)ncc1C(N)=O)C1CC1. The van der Waals surface area contributed by atoms with Gasteiger partial charge in [-0.2, -0.15) is 0 Å². The van der Waals surface area contributed by atoms with Gasteiger partial charge < -0.3 is 15.8 Å². The highest BCUT2D eigenvalue weighted by atomic mass is 16.5. The zero-order valence-corrected chi connectivity index (χ0v) is 15.6. The first-order valence-corrected chi connectivity index (χ1v) is 10.2. The second-order valence-corrected chi connectivity index (χ2v) is 8.39. The summed E-state index contributed by atoms with van der Waals surface area (Å²) < 4.78 is 6.02. The number of nitrogens with one attached hydrogen (secondary N) is 1. The van der Waals surface area contributed by atoms with Crippen LogP contribution in [-0.4, -0.2) is 34.1 Å². The average molecular weight is 358 g/mol. The highest BCUT2D eigenvalue weighted by molar-refractivity contribution is 5.93. The van der Waals surface area contributed by atoms with Crippen LogP contribution in [0.2, 0.25) is 0 Å². The number of aromatic nitrogens is 2. The van der Waals surface area contributed by atoms with E-state index in [-0.39, 0.29) is 0 Å². The third kappa shape index (κ3) is 4.53. The molecule has 1 atom stereocenters. The summed E-state index contributed by atoms with van der Waals surface area (Å²) in [5.41, 5.74) is 6.78. The van der Waals surface area contributed by atoms with E-state index in [2.05, 4.69) is 22.2 Å². The summed E-state index contributed by atoms with van der Waals surface area (Å²) in [5, 5.41) is 3.47. The quantitative estimate of drug-likeness (QED) is 0.745. The zero-order valence-electron chi connectivity index (χ0n) is 15.6. The first-order chi connectivity index (χ1) is 12.6. The van der Waals surface area contributed by atoms with Crippen LogP contribution in [0.4, 0.5) is 5.95 Å². The Morgan fingerprint density at radius 2 is 1.85 bits per heavy atom. The van der Waals surface area contributed by atoms with E-state index in [0.29, 0.717) is 35.7 Å². The molecule has 1 amide bonds. The summed E-state index contributed by atoms with van der Waals surface area (Å²) in [7, 11) is 0. The van der Waals surface area contributed by atoms with Crippen LogP contribution in [0.5, 0.6) is 0 Å². The Hall–Kier alpha value is -1.69. The molecule has 0 spiro atoms. The maximum Gasteiger partial charge on any atom is 0.252 e. The van der Waals surface area contributed by atoms with Crippen LogP contribution in [0.15, 0.2) is 6.20 Å². The molecule has 0 radical (unpaired) electrons. The van der Waals surface area contributed by atoms with Gasteiger partial charge in [-0.25, -0.2) is 9.97 Å². The molecule has 26 heavy (non-hydrogen) atoms. The number of carbonyl (C=O) groups excluding carboxylic acids is 1. The number of hydrogen-bond acceptors (Lipinski definition) is 5. The normalized spacial score (nSPS) is 27.1. The van der Waals surface area contributed by atoms with E-state index in [0.717, 1.165) is 43.7 Å². The van der Waals surface area contributed by atoms with Gasteiger partial charge in [0, 0.05) is 12.2 Å². The van der Waals surface area contributed by atoms with Gasteiger partial charge in [-0.05, 0) is 69.6 Å². The number of nitrogens with two attached hydrogens (primary N) is 1. The van der Waals surface area contributed by atoms with Gasteiger partial charge in [-0.15, -0.1) is 0 Å². The van der Waals surface area contributed by atoms with E-state index in [1.807, 2.05) is 0 Å². The summed E-state index contributed by atoms with van der Waals surface area (Å²) >= 11 is 0. The van der Waals surface area contributed by atoms with Crippen molar-refractivity contribution >= 4 is 11.9 Å². The Morgan fingerprint density at radius 3 is 2.42 bits per heavy atom. The lowest BCUT2D eigenvalue weighted by Crippen LogP contribution is -2.31. The van der Waals surface area contributed by atoms with Crippen molar-refractivity contribution in [2.75, 3.05) is 5.32 Å². The fourth-order valence-corrected chi connectivity index (χ4v) is 3.99. The van der Waals surface area contributed by atoms with Crippen molar-refractivity contribution in [1.82, 2.24) is 9.97 Å². The van der Waals surface area contributed by atoms with Gasteiger partial charge in [0.1, 0.15) is 0 Å². The van der Waals surface area contributed by atoms with Crippen molar-refractivity contribution in [3.8, 4) is 0 Å². The predicted molar refractivity (Wildman–Crippen MR) is 99.9 cm³/mol. The van der Waals surface area contributed by atoms with Crippen molar-refractivity contribution < 1.29 is 9.53 Å². The summed E-state index contributed by atoms with van der Waals surface area (Å²) in [4.78, 5) is 20.7. The van der Waals surface area contributed by atoms with Crippen molar-refractivity contribution in [3.63, 3.8) is 0 Å². The lowest BCUT2D eigenvalue weighted by molar-refractivity contribution is 0.0146. The molecule has 3 saturated carbocycles. The number of primary amides is 1. The molecule has 0 bridgehead atoms. The molecular weight excluding hydrogens is 328 g/mol. The molecule has 1 unspecified atom stereocenters. The second kappa shape index (κ2) is 7.51. The van der Waals surface area contributed by atoms with Crippen molar-refractivity contribution in [2.24, 2.45) is 17.6 Å². The Labute approximate surface area is 155 Å². The molecular formula is C20H30N4O2. The highest BCUT2D eigenvalue weighted by Crippen LogP contribution is 2.38. The van der Waals surface area contributed by atoms with Crippen molar-refractivity contribution in [1.29, 1.82) is 0 Å². The van der Waals surface area contributed by atoms with Gasteiger partial charge in [-0.3, -0.25) is 4.79 Å². The molecule has 6 nitrogen and oxygen atoms in total. The number of amides is 1. The summed E-state index contributed by atoms with van der Waals surface area (Å²) in [6.07, 6.45) is 12.7. The van der Waals surface area contributed by atoms with E-state index < -0.39 is 5.91 Å². The van der Waals surface area contributed by atoms with Gasteiger partial charge >= 0.3 is 0 Å². The van der Waals surface area contributed by atoms with Crippen LogP contribution in [0, 0.1) is 11.8 Å². The first kappa shape index (κ1) is 17.7. The van der Waals surface area contributed by atoms with Crippen LogP contribution >= 0.6 is 0 Å². The smallest absolute Gasteiger partial charge is 0.252 e. The molecule has 1 aromatic rings. The van der Waals surface area contributed by atoms with Gasteiger partial charge in [0.15, 0.2) is 0 Å². The molecule has 3 aliphatic rings. The van der Waals surface area contributed by atoms with Gasteiger partial charge in [-0.1, -0.05) is 6.92 Å². The zero-order chi connectivity index (χ0) is 18.1. The number of carbonyl (C=O) groups is 1. The number of ether oxygens (including phenoxy) is 1. The third-order valence-corrected chi connectivity index (χ3v) is 5.99. The molecule has 3 aliphatic carbocycles. The standard InChI is InChI=1S/C20H30N4O2/c1-12(13-2-3-13)10-18-17(19(21)25)11-22-20(24-18)23-14-4-6-15(7-5-14)26-16-8-9-16/h11-16H,2-10H2,1H3,(H2,21,25)(H,22,23,24). The minimum absolute atomic E-state index is 0.377. The Morgan fingerprint density at radius 1 is 1.19 bits per heavy atom. The summed E-state index contributed by atoms with van der Waals surface area (Å²) in [6, 6.07) is 0.377. The minimum Gasteiger partial charge on any atom is -0.375 e. The Kier molecular flexibility index (Phi) is 5.11. The molecule has 3 N–H and O–H groups in total. The molecule has 0 saturated heterocycles. The Balaban J connectivity index is 1.37. The van der Waals surface area contributed by atoms with Crippen LogP contribution in [0.25, 0.3) is 0 Å². The average Bonchev–Trinajstić information content (AvgIpc) is 3.51. The van der Waals surface area contributed by atoms with Crippen LogP contribution < -0.4 is 11.1 Å². The highest BCUT2D eigenvalue weighted by Gasteiger charge is 2.31. The first-order valence-electron chi connectivity index (χ1n) is 10.2. The van der Waals surface area contributed by atoms with Gasteiger partial charge in [0.05, 0.1) is 23.5 Å². The van der Waals surface area contributed by atoms with Crippen LogP contribution in [0.3, 0.4) is 0 Å². The van der Waals surface area contributed by atoms with Gasteiger partial charge in [0.2, 0.25) is 5.95 Å². The van der Waals surface area contributed by atoms with E-state index in [4.69, 9.17) is 10.5 Å². The molecule has 4 rings (SSSR count). The molecule has 3 fully saturated rings. The Bertz CT molecular complexity index is 649. The molecule has 1 heterocycles. The molecule has 1 aromatic heterocycles. The third-order valence-electron chi connectivity index (χ3n) is 5.99.